The molecule has 0 heterocycles. The molecule has 0 aliphatic carbocycles. The predicted molar refractivity (Wildman–Crippen MR) is 49.1 cm³/mol. The maximum Gasteiger partial charge on any atom is 0.320 e. The van der Waals surface area contributed by atoms with Crippen molar-refractivity contribution in [2.45, 2.75) is 26.8 Å². The van der Waals surface area contributed by atoms with E-state index in [-0.39, 0.29) is 5.92 Å². The van der Waals surface area contributed by atoms with E-state index in [9.17, 15) is 4.79 Å². The predicted octanol–water partition coefficient (Wildman–Crippen LogP) is 0.941. The number of hydrogen-bond donors (Lipinski definition) is 1. The lowest BCUT2D eigenvalue weighted by Crippen LogP contribution is -2.41. The van der Waals surface area contributed by atoms with Crippen LogP contribution in [0.2, 0.25) is 0 Å². The highest BCUT2D eigenvalue weighted by molar-refractivity contribution is 5.72. The summed E-state index contributed by atoms with van der Waals surface area (Å²) in [6.07, 6.45) is 0. The minimum absolute atomic E-state index is 0.123. The molecule has 0 radical (unpaired) electrons. The number of carboxylic acid groups (broad SMARTS) is 1. The molecule has 0 aliphatic heterocycles. The Balaban J connectivity index is 4.19. The van der Waals surface area contributed by atoms with Gasteiger partial charge >= 0.3 is 5.97 Å². The summed E-state index contributed by atoms with van der Waals surface area (Å²) in [5.41, 5.74) is 0. The average molecular weight is 184 g/mol. The maximum absolute atomic E-state index is 10.6. The number of nitriles is 1. The van der Waals surface area contributed by atoms with E-state index in [0.717, 1.165) is 0 Å². The van der Waals surface area contributed by atoms with Crippen LogP contribution in [0.25, 0.3) is 0 Å². The highest BCUT2D eigenvalue weighted by Crippen LogP contribution is 2.03. The summed E-state index contributed by atoms with van der Waals surface area (Å²) in [6.45, 7) is 6.48. The largest absolute Gasteiger partial charge is 0.480 e. The molecule has 4 heteroatoms. The van der Waals surface area contributed by atoms with Gasteiger partial charge in [0.05, 0.1) is 12.0 Å². The number of carbonyl (C=O) groups is 1. The average Bonchev–Trinajstić information content (AvgIpc) is 2.12. The molecule has 0 saturated carbocycles. The number of rotatable bonds is 5. The van der Waals surface area contributed by atoms with Crippen molar-refractivity contribution < 1.29 is 9.90 Å². The molecule has 0 rings (SSSR count). The third kappa shape index (κ3) is 3.90. The molecule has 0 aromatic rings. The summed E-state index contributed by atoms with van der Waals surface area (Å²) in [7, 11) is 0. The van der Waals surface area contributed by atoms with E-state index in [1.54, 1.807) is 18.7 Å². The summed E-state index contributed by atoms with van der Waals surface area (Å²) in [4.78, 5) is 12.4. The SMILES string of the molecule is CCN(CC(C)C#N)C(C)C(=O)O. The van der Waals surface area contributed by atoms with Crippen molar-refractivity contribution in [1.82, 2.24) is 4.90 Å². The van der Waals surface area contributed by atoms with Crippen LogP contribution in [0.1, 0.15) is 20.8 Å². The van der Waals surface area contributed by atoms with Crippen LogP contribution in [0.15, 0.2) is 0 Å². The monoisotopic (exact) mass is 184 g/mol. The van der Waals surface area contributed by atoms with Gasteiger partial charge in [0.2, 0.25) is 0 Å². The van der Waals surface area contributed by atoms with Gasteiger partial charge in [-0.05, 0) is 20.4 Å². The van der Waals surface area contributed by atoms with Crippen LogP contribution in [0, 0.1) is 17.2 Å². The van der Waals surface area contributed by atoms with Gasteiger partial charge in [-0.25, -0.2) is 0 Å². The molecule has 13 heavy (non-hydrogen) atoms. The number of hydrogen-bond acceptors (Lipinski definition) is 3. The van der Waals surface area contributed by atoms with Gasteiger partial charge in [-0.1, -0.05) is 6.92 Å². The molecule has 0 spiro atoms. The summed E-state index contributed by atoms with van der Waals surface area (Å²) in [5.74, 6) is -0.964. The second kappa shape index (κ2) is 5.55. The highest BCUT2D eigenvalue weighted by Gasteiger charge is 2.20. The Morgan fingerprint density at radius 3 is 2.46 bits per heavy atom. The fraction of sp³-hybridized carbons (Fsp3) is 0.778. The van der Waals surface area contributed by atoms with Crippen molar-refractivity contribution in [3.8, 4) is 6.07 Å². The zero-order valence-electron chi connectivity index (χ0n) is 8.32. The van der Waals surface area contributed by atoms with Crippen LogP contribution in [0.3, 0.4) is 0 Å². The molecule has 1 N–H and O–H groups in total. The smallest absolute Gasteiger partial charge is 0.320 e. The standard InChI is InChI=1S/C9H16N2O2/c1-4-11(6-7(2)5-10)8(3)9(12)13/h7-8H,4,6H2,1-3H3,(H,12,13). The minimum Gasteiger partial charge on any atom is -0.480 e. The highest BCUT2D eigenvalue weighted by atomic mass is 16.4. The third-order valence-corrected chi connectivity index (χ3v) is 2.04. The molecular weight excluding hydrogens is 168 g/mol. The van der Waals surface area contributed by atoms with E-state index in [2.05, 4.69) is 6.07 Å². The van der Waals surface area contributed by atoms with Crippen molar-refractivity contribution >= 4 is 5.97 Å². The quantitative estimate of drug-likeness (QED) is 0.690. The Morgan fingerprint density at radius 2 is 2.15 bits per heavy atom. The molecule has 0 saturated heterocycles. The Hall–Kier alpha value is -1.08. The topological polar surface area (TPSA) is 64.3 Å². The first kappa shape index (κ1) is 11.9. The lowest BCUT2D eigenvalue weighted by Gasteiger charge is -2.25. The number of carboxylic acids is 1. The molecule has 0 amide bonds. The summed E-state index contributed by atoms with van der Waals surface area (Å²) in [6, 6.07) is 1.58. The fourth-order valence-electron chi connectivity index (χ4n) is 1.11. The number of aliphatic carboxylic acids is 1. The summed E-state index contributed by atoms with van der Waals surface area (Å²) < 4.78 is 0. The van der Waals surface area contributed by atoms with Crippen molar-refractivity contribution in [2.75, 3.05) is 13.1 Å². The minimum atomic E-state index is -0.841. The second-order valence-corrected chi connectivity index (χ2v) is 3.13. The molecular formula is C9H16N2O2. The van der Waals surface area contributed by atoms with Crippen LogP contribution < -0.4 is 0 Å². The summed E-state index contributed by atoms with van der Waals surface area (Å²) in [5, 5.41) is 17.3. The first-order valence-electron chi connectivity index (χ1n) is 4.39. The first-order valence-corrected chi connectivity index (χ1v) is 4.39. The molecule has 74 valence electrons. The van der Waals surface area contributed by atoms with Crippen molar-refractivity contribution in [2.24, 2.45) is 5.92 Å². The Morgan fingerprint density at radius 1 is 1.62 bits per heavy atom. The Labute approximate surface area is 78.8 Å². The van der Waals surface area contributed by atoms with Crippen LogP contribution in [0.5, 0.6) is 0 Å². The van der Waals surface area contributed by atoms with E-state index in [0.29, 0.717) is 13.1 Å². The van der Waals surface area contributed by atoms with Crippen LogP contribution >= 0.6 is 0 Å². The van der Waals surface area contributed by atoms with Gasteiger partial charge in [0, 0.05) is 6.54 Å². The zero-order chi connectivity index (χ0) is 10.4. The van der Waals surface area contributed by atoms with Crippen molar-refractivity contribution in [3.05, 3.63) is 0 Å². The van der Waals surface area contributed by atoms with Crippen LogP contribution in [-0.2, 0) is 4.79 Å². The lowest BCUT2D eigenvalue weighted by atomic mass is 10.1. The van der Waals surface area contributed by atoms with E-state index in [1.165, 1.54) is 0 Å². The van der Waals surface area contributed by atoms with Gasteiger partial charge < -0.3 is 5.11 Å². The maximum atomic E-state index is 10.6. The van der Waals surface area contributed by atoms with E-state index in [1.807, 2.05) is 6.92 Å². The molecule has 2 atom stereocenters. The van der Waals surface area contributed by atoms with Crippen molar-refractivity contribution in [1.29, 1.82) is 5.26 Å². The van der Waals surface area contributed by atoms with Gasteiger partial charge in [-0.15, -0.1) is 0 Å². The molecule has 2 unspecified atom stereocenters. The third-order valence-electron chi connectivity index (χ3n) is 2.04. The van der Waals surface area contributed by atoms with Gasteiger partial charge in [0.25, 0.3) is 0 Å². The van der Waals surface area contributed by atoms with Gasteiger partial charge in [0.1, 0.15) is 6.04 Å². The van der Waals surface area contributed by atoms with E-state index < -0.39 is 12.0 Å². The van der Waals surface area contributed by atoms with Gasteiger partial charge in [-0.3, -0.25) is 9.69 Å². The fourth-order valence-corrected chi connectivity index (χ4v) is 1.11. The number of nitrogens with zero attached hydrogens (tertiary/aromatic N) is 2. The first-order chi connectivity index (χ1) is 6.02. The summed E-state index contributed by atoms with van der Waals surface area (Å²) >= 11 is 0. The molecule has 0 aromatic heterocycles. The van der Waals surface area contributed by atoms with Gasteiger partial charge in [-0.2, -0.15) is 5.26 Å². The van der Waals surface area contributed by atoms with Crippen LogP contribution in [0.4, 0.5) is 0 Å². The van der Waals surface area contributed by atoms with Gasteiger partial charge in [0.15, 0.2) is 0 Å². The second-order valence-electron chi connectivity index (χ2n) is 3.13. The molecule has 0 bridgehead atoms. The van der Waals surface area contributed by atoms with E-state index >= 15 is 0 Å². The lowest BCUT2D eigenvalue weighted by molar-refractivity contribution is -0.142. The Bertz CT molecular complexity index is 210. The number of likely N-dealkylation sites (N-methyl/N-ethyl adjacent to an activating group) is 1. The normalized spacial score (nSPS) is 15.0. The molecule has 4 nitrogen and oxygen atoms in total. The molecule has 0 fully saturated rings. The molecule has 0 aliphatic rings. The van der Waals surface area contributed by atoms with Crippen molar-refractivity contribution in [3.63, 3.8) is 0 Å². The zero-order valence-corrected chi connectivity index (χ0v) is 8.32. The molecule has 0 aromatic carbocycles. The van der Waals surface area contributed by atoms with Crippen LogP contribution in [-0.4, -0.2) is 35.1 Å². The Kier molecular flexibility index (Phi) is 5.09. The van der Waals surface area contributed by atoms with E-state index in [4.69, 9.17) is 10.4 Å².